The molecule has 0 aliphatic carbocycles. The molecule has 110 valence electrons. The van der Waals surface area contributed by atoms with E-state index in [1.807, 2.05) is 4.57 Å². The summed E-state index contributed by atoms with van der Waals surface area (Å²) in [5.41, 5.74) is 3.72. The van der Waals surface area contributed by atoms with Crippen molar-refractivity contribution in [3.63, 3.8) is 0 Å². The maximum Gasteiger partial charge on any atom is 0.308 e. The van der Waals surface area contributed by atoms with Gasteiger partial charge in [0.05, 0.1) is 5.92 Å². The van der Waals surface area contributed by atoms with Gasteiger partial charge >= 0.3 is 5.97 Å². The van der Waals surface area contributed by atoms with Crippen molar-refractivity contribution in [1.82, 2.24) is 14.8 Å². The Labute approximate surface area is 123 Å². The second-order valence-electron chi connectivity index (χ2n) is 5.81. The van der Waals surface area contributed by atoms with Crippen LogP contribution in [0.4, 0.5) is 0 Å². The van der Waals surface area contributed by atoms with E-state index in [4.69, 9.17) is 0 Å². The quantitative estimate of drug-likeness (QED) is 0.938. The number of nitrogens with zero attached hydrogens (tertiary/aromatic N) is 3. The molecular formula is C16H19N3O2. The third-order valence-electron chi connectivity index (χ3n) is 4.31. The van der Waals surface area contributed by atoms with Crippen molar-refractivity contribution >= 4 is 5.97 Å². The fourth-order valence-corrected chi connectivity index (χ4v) is 2.81. The summed E-state index contributed by atoms with van der Waals surface area (Å²) >= 11 is 0. The molecule has 1 atom stereocenters. The van der Waals surface area contributed by atoms with Gasteiger partial charge in [0, 0.05) is 19.4 Å². The molecule has 0 spiro atoms. The molecule has 21 heavy (non-hydrogen) atoms. The molecule has 1 aliphatic rings. The highest BCUT2D eigenvalue weighted by molar-refractivity contribution is 5.70. The van der Waals surface area contributed by atoms with Crippen LogP contribution in [0, 0.1) is 19.8 Å². The van der Waals surface area contributed by atoms with Gasteiger partial charge in [-0.15, -0.1) is 10.2 Å². The summed E-state index contributed by atoms with van der Waals surface area (Å²) < 4.78 is 1.98. The van der Waals surface area contributed by atoms with E-state index in [1.54, 1.807) is 0 Å². The molecule has 1 N–H and O–H groups in total. The summed E-state index contributed by atoms with van der Waals surface area (Å²) in [5, 5.41) is 17.7. The number of aryl methyl sites for hydroxylation is 3. The van der Waals surface area contributed by atoms with Crippen LogP contribution in [-0.2, 0) is 24.2 Å². The molecule has 0 saturated heterocycles. The van der Waals surface area contributed by atoms with Gasteiger partial charge in [-0.2, -0.15) is 0 Å². The van der Waals surface area contributed by atoms with Crippen molar-refractivity contribution in [2.75, 3.05) is 0 Å². The number of hydrogen-bond donors (Lipinski definition) is 1. The van der Waals surface area contributed by atoms with E-state index in [2.05, 4.69) is 42.2 Å². The number of carbonyl (C=O) groups is 1. The van der Waals surface area contributed by atoms with Crippen molar-refractivity contribution in [2.45, 2.75) is 39.7 Å². The lowest BCUT2D eigenvalue weighted by Crippen LogP contribution is -2.27. The summed E-state index contributed by atoms with van der Waals surface area (Å²) in [6.45, 7) is 4.67. The van der Waals surface area contributed by atoms with E-state index in [0.29, 0.717) is 25.8 Å². The lowest BCUT2D eigenvalue weighted by molar-refractivity contribution is -0.142. The SMILES string of the molecule is Cc1ccc(Cc2nnc3n2CC(C(=O)O)CC3)cc1C. The van der Waals surface area contributed by atoms with Crippen molar-refractivity contribution in [1.29, 1.82) is 0 Å². The highest BCUT2D eigenvalue weighted by Crippen LogP contribution is 2.22. The van der Waals surface area contributed by atoms with Gasteiger partial charge in [-0.05, 0) is 37.0 Å². The van der Waals surface area contributed by atoms with Crippen LogP contribution in [0.5, 0.6) is 0 Å². The van der Waals surface area contributed by atoms with E-state index in [-0.39, 0.29) is 5.92 Å². The second kappa shape index (κ2) is 5.31. The third-order valence-corrected chi connectivity index (χ3v) is 4.31. The average Bonchev–Trinajstić information content (AvgIpc) is 2.85. The van der Waals surface area contributed by atoms with E-state index in [1.165, 1.54) is 16.7 Å². The predicted octanol–water partition coefficient (Wildman–Crippen LogP) is 2.13. The van der Waals surface area contributed by atoms with Gasteiger partial charge in [0.2, 0.25) is 0 Å². The number of hydrogen-bond acceptors (Lipinski definition) is 3. The third kappa shape index (κ3) is 2.68. The zero-order valence-electron chi connectivity index (χ0n) is 12.3. The Morgan fingerprint density at radius 1 is 1.33 bits per heavy atom. The molecule has 2 aromatic rings. The van der Waals surface area contributed by atoms with Crippen molar-refractivity contribution in [3.8, 4) is 0 Å². The first kappa shape index (κ1) is 13.8. The summed E-state index contributed by atoms with van der Waals surface area (Å²) in [6.07, 6.45) is 2.04. The monoisotopic (exact) mass is 285 g/mol. The van der Waals surface area contributed by atoms with Crippen LogP contribution in [0.15, 0.2) is 18.2 Å². The van der Waals surface area contributed by atoms with Gasteiger partial charge in [0.1, 0.15) is 11.6 Å². The Hall–Kier alpha value is -2.17. The molecule has 0 bridgehead atoms. The predicted molar refractivity (Wildman–Crippen MR) is 78.2 cm³/mol. The number of carboxylic acid groups (broad SMARTS) is 1. The first-order chi connectivity index (χ1) is 10.0. The van der Waals surface area contributed by atoms with Crippen molar-refractivity contribution in [2.24, 2.45) is 5.92 Å². The Balaban J connectivity index is 1.86. The molecule has 2 heterocycles. The first-order valence-electron chi connectivity index (χ1n) is 7.24. The van der Waals surface area contributed by atoms with Crippen LogP contribution in [0.2, 0.25) is 0 Å². The number of carboxylic acids is 1. The fraction of sp³-hybridized carbons (Fsp3) is 0.438. The lowest BCUT2D eigenvalue weighted by Gasteiger charge is -2.21. The van der Waals surface area contributed by atoms with Crippen molar-refractivity contribution in [3.05, 3.63) is 46.5 Å². The highest BCUT2D eigenvalue weighted by Gasteiger charge is 2.27. The molecule has 0 saturated carbocycles. The minimum Gasteiger partial charge on any atom is -0.481 e. The van der Waals surface area contributed by atoms with Crippen LogP contribution < -0.4 is 0 Å². The Kier molecular flexibility index (Phi) is 3.49. The number of aliphatic carboxylic acids is 1. The molecule has 1 aromatic heterocycles. The van der Waals surface area contributed by atoms with Gasteiger partial charge in [-0.25, -0.2) is 0 Å². The van der Waals surface area contributed by atoms with Crippen molar-refractivity contribution < 1.29 is 9.90 Å². The highest BCUT2D eigenvalue weighted by atomic mass is 16.4. The lowest BCUT2D eigenvalue weighted by atomic mass is 9.99. The average molecular weight is 285 g/mol. The van der Waals surface area contributed by atoms with Crippen LogP contribution in [0.3, 0.4) is 0 Å². The Morgan fingerprint density at radius 3 is 2.86 bits per heavy atom. The molecule has 5 heteroatoms. The summed E-state index contributed by atoms with van der Waals surface area (Å²) in [5.74, 6) is 0.712. The zero-order chi connectivity index (χ0) is 15.0. The largest absolute Gasteiger partial charge is 0.481 e. The molecule has 5 nitrogen and oxygen atoms in total. The van der Waals surface area contributed by atoms with Crippen LogP contribution in [-0.4, -0.2) is 25.8 Å². The maximum absolute atomic E-state index is 11.2. The van der Waals surface area contributed by atoms with Crippen LogP contribution >= 0.6 is 0 Å². The second-order valence-corrected chi connectivity index (χ2v) is 5.81. The van der Waals surface area contributed by atoms with Crippen LogP contribution in [0.1, 0.15) is 34.8 Å². The first-order valence-corrected chi connectivity index (χ1v) is 7.24. The van der Waals surface area contributed by atoms with E-state index >= 15 is 0 Å². The molecule has 3 rings (SSSR count). The minimum absolute atomic E-state index is 0.327. The Bertz CT molecular complexity index is 691. The van der Waals surface area contributed by atoms with Crippen LogP contribution in [0.25, 0.3) is 0 Å². The molecule has 1 aromatic carbocycles. The van der Waals surface area contributed by atoms with Gasteiger partial charge in [-0.3, -0.25) is 4.79 Å². The number of aromatic nitrogens is 3. The standard InChI is InChI=1S/C16H19N3O2/c1-10-3-4-12(7-11(10)2)8-15-18-17-14-6-5-13(16(20)21)9-19(14)15/h3-4,7,13H,5-6,8-9H2,1-2H3,(H,20,21). The number of fused-ring (bicyclic) bond motifs is 1. The normalized spacial score (nSPS) is 17.5. The Morgan fingerprint density at radius 2 is 2.14 bits per heavy atom. The van der Waals surface area contributed by atoms with Gasteiger partial charge in [0.25, 0.3) is 0 Å². The maximum atomic E-state index is 11.2. The van der Waals surface area contributed by atoms with Gasteiger partial charge in [-0.1, -0.05) is 18.2 Å². The molecule has 0 amide bonds. The molecular weight excluding hydrogens is 266 g/mol. The van der Waals surface area contributed by atoms with E-state index < -0.39 is 5.97 Å². The van der Waals surface area contributed by atoms with Gasteiger partial charge in [0.15, 0.2) is 0 Å². The number of benzene rings is 1. The smallest absolute Gasteiger partial charge is 0.308 e. The molecule has 1 unspecified atom stereocenters. The van der Waals surface area contributed by atoms with E-state index in [9.17, 15) is 9.90 Å². The molecule has 0 radical (unpaired) electrons. The number of rotatable bonds is 3. The summed E-state index contributed by atoms with van der Waals surface area (Å²) in [7, 11) is 0. The fourth-order valence-electron chi connectivity index (χ4n) is 2.81. The van der Waals surface area contributed by atoms with E-state index in [0.717, 1.165) is 11.6 Å². The minimum atomic E-state index is -0.730. The van der Waals surface area contributed by atoms with Gasteiger partial charge < -0.3 is 9.67 Å². The zero-order valence-corrected chi connectivity index (χ0v) is 12.3. The molecule has 1 aliphatic heterocycles. The summed E-state index contributed by atoms with van der Waals surface area (Å²) in [6, 6.07) is 6.37. The molecule has 0 fully saturated rings. The topological polar surface area (TPSA) is 68.0 Å². The summed E-state index contributed by atoms with van der Waals surface area (Å²) in [4.78, 5) is 11.2.